The maximum Gasteiger partial charge on any atom is 0.224 e. The standard InChI is InChI=1S/C11H15ClN2OS/c1-2-10-13-9(7-16-10)3-4-14-6-8(12)5-11(14)15/h7-8H,2-6H2,1H3. The van der Waals surface area contributed by atoms with Crippen molar-refractivity contribution in [2.24, 2.45) is 0 Å². The number of aromatic nitrogens is 1. The zero-order valence-electron chi connectivity index (χ0n) is 9.28. The van der Waals surface area contributed by atoms with Gasteiger partial charge in [0.2, 0.25) is 5.91 Å². The van der Waals surface area contributed by atoms with Crippen molar-refractivity contribution in [1.29, 1.82) is 0 Å². The van der Waals surface area contributed by atoms with E-state index >= 15 is 0 Å². The molecule has 1 amide bonds. The topological polar surface area (TPSA) is 33.2 Å². The van der Waals surface area contributed by atoms with Gasteiger partial charge in [-0.1, -0.05) is 6.92 Å². The number of amides is 1. The molecule has 0 bridgehead atoms. The monoisotopic (exact) mass is 258 g/mol. The van der Waals surface area contributed by atoms with Crippen LogP contribution in [-0.2, 0) is 17.6 Å². The minimum absolute atomic E-state index is 0.00543. The molecule has 16 heavy (non-hydrogen) atoms. The normalized spacial score (nSPS) is 20.8. The summed E-state index contributed by atoms with van der Waals surface area (Å²) in [7, 11) is 0. The van der Waals surface area contributed by atoms with Crippen molar-refractivity contribution in [2.45, 2.75) is 31.6 Å². The molecule has 5 heteroatoms. The van der Waals surface area contributed by atoms with Gasteiger partial charge < -0.3 is 4.90 Å². The van der Waals surface area contributed by atoms with Crippen LogP contribution in [0.2, 0.25) is 0 Å². The summed E-state index contributed by atoms with van der Waals surface area (Å²) in [6, 6.07) is 0. The predicted molar refractivity (Wildman–Crippen MR) is 66.0 cm³/mol. The lowest BCUT2D eigenvalue weighted by Gasteiger charge is -2.14. The van der Waals surface area contributed by atoms with Gasteiger partial charge in [0.15, 0.2) is 0 Å². The summed E-state index contributed by atoms with van der Waals surface area (Å²) >= 11 is 7.63. The minimum Gasteiger partial charge on any atom is -0.341 e. The Morgan fingerprint density at radius 2 is 2.50 bits per heavy atom. The Morgan fingerprint density at radius 3 is 3.06 bits per heavy atom. The molecule has 1 saturated heterocycles. The fourth-order valence-corrected chi connectivity index (χ4v) is 2.89. The van der Waals surface area contributed by atoms with E-state index in [1.807, 2.05) is 4.90 Å². The summed E-state index contributed by atoms with van der Waals surface area (Å²) in [5.41, 5.74) is 1.09. The van der Waals surface area contributed by atoms with Gasteiger partial charge in [0.05, 0.1) is 16.1 Å². The molecule has 0 aliphatic carbocycles. The number of rotatable bonds is 4. The number of hydrogen-bond donors (Lipinski definition) is 0. The van der Waals surface area contributed by atoms with Crippen molar-refractivity contribution in [3.63, 3.8) is 0 Å². The first-order chi connectivity index (χ1) is 7.69. The molecule has 0 radical (unpaired) electrons. The van der Waals surface area contributed by atoms with Crippen LogP contribution >= 0.6 is 22.9 Å². The number of alkyl halides is 1. The van der Waals surface area contributed by atoms with Gasteiger partial charge in [-0.3, -0.25) is 4.79 Å². The maximum absolute atomic E-state index is 11.5. The third-order valence-corrected chi connectivity index (χ3v) is 4.04. The molecule has 1 aliphatic heterocycles. The number of thiazole rings is 1. The SMILES string of the molecule is CCc1nc(CCN2CC(Cl)CC2=O)cs1. The van der Waals surface area contributed by atoms with Gasteiger partial charge in [-0.25, -0.2) is 4.98 Å². The Bertz CT molecular complexity index is 380. The van der Waals surface area contributed by atoms with Gasteiger partial charge in [-0.2, -0.15) is 0 Å². The molecule has 0 aromatic carbocycles. The van der Waals surface area contributed by atoms with E-state index in [9.17, 15) is 4.79 Å². The van der Waals surface area contributed by atoms with E-state index in [0.29, 0.717) is 13.0 Å². The van der Waals surface area contributed by atoms with E-state index in [1.165, 1.54) is 0 Å². The first kappa shape index (κ1) is 11.9. The van der Waals surface area contributed by atoms with Crippen LogP contribution in [0.4, 0.5) is 0 Å². The highest BCUT2D eigenvalue weighted by atomic mass is 35.5. The lowest BCUT2D eigenvalue weighted by Crippen LogP contribution is -2.27. The number of carbonyl (C=O) groups is 1. The lowest BCUT2D eigenvalue weighted by molar-refractivity contribution is -0.127. The van der Waals surface area contributed by atoms with E-state index in [-0.39, 0.29) is 11.3 Å². The third-order valence-electron chi connectivity index (χ3n) is 2.71. The second-order valence-corrected chi connectivity index (χ2v) is 5.54. The Hall–Kier alpha value is -0.610. The highest BCUT2D eigenvalue weighted by molar-refractivity contribution is 7.09. The zero-order valence-corrected chi connectivity index (χ0v) is 10.9. The molecule has 0 saturated carbocycles. The number of aryl methyl sites for hydroxylation is 1. The molecule has 2 rings (SSSR count). The van der Waals surface area contributed by atoms with E-state index in [4.69, 9.17) is 11.6 Å². The second-order valence-electron chi connectivity index (χ2n) is 3.98. The van der Waals surface area contributed by atoms with E-state index in [0.717, 1.165) is 30.1 Å². The van der Waals surface area contributed by atoms with Crippen molar-refractivity contribution >= 4 is 28.8 Å². The molecule has 1 unspecified atom stereocenters. The predicted octanol–water partition coefficient (Wildman–Crippen LogP) is 2.09. The van der Waals surface area contributed by atoms with Crippen LogP contribution < -0.4 is 0 Å². The van der Waals surface area contributed by atoms with Gasteiger partial charge in [0, 0.05) is 31.3 Å². The van der Waals surface area contributed by atoms with E-state index in [2.05, 4.69) is 17.3 Å². The Labute approximate surface area is 104 Å². The van der Waals surface area contributed by atoms with Crippen LogP contribution in [0.1, 0.15) is 24.0 Å². The first-order valence-electron chi connectivity index (χ1n) is 5.54. The number of halogens is 1. The largest absolute Gasteiger partial charge is 0.341 e. The third kappa shape index (κ3) is 2.74. The van der Waals surface area contributed by atoms with Crippen molar-refractivity contribution in [2.75, 3.05) is 13.1 Å². The quantitative estimate of drug-likeness (QED) is 0.775. The van der Waals surface area contributed by atoms with Gasteiger partial charge in [-0.05, 0) is 6.42 Å². The number of nitrogens with zero attached hydrogens (tertiary/aromatic N) is 2. The van der Waals surface area contributed by atoms with Crippen LogP contribution in [-0.4, -0.2) is 34.3 Å². The van der Waals surface area contributed by atoms with Crippen molar-refractivity contribution < 1.29 is 4.79 Å². The van der Waals surface area contributed by atoms with Gasteiger partial charge in [0.1, 0.15) is 0 Å². The highest BCUT2D eigenvalue weighted by Crippen LogP contribution is 2.17. The highest BCUT2D eigenvalue weighted by Gasteiger charge is 2.27. The molecule has 88 valence electrons. The molecule has 2 heterocycles. The molecule has 1 aromatic rings. The molecule has 1 atom stereocenters. The van der Waals surface area contributed by atoms with Crippen molar-refractivity contribution in [1.82, 2.24) is 9.88 Å². The molecule has 3 nitrogen and oxygen atoms in total. The summed E-state index contributed by atoms with van der Waals surface area (Å²) in [4.78, 5) is 17.8. The number of likely N-dealkylation sites (tertiary alicyclic amines) is 1. The summed E-state index contributed by atoms with van der Waals surface area (Å²) in [6.45, 7) is 3.53. The average molecular weight is 259 g/mol. The van der Waals surface area contributed by atoms with Gasteiger partial charge in [0.25, 0.3) is 0 Å². The van der Waals surface area contributed by atoms with Crippen molar-refractivity contribution in [3.05, 3.63) is 16.1 Å². The Morgan fingerprint density at radius 1 is 1.69 bits per heavy atom. The Kier molecular flexibility index (Phi) is 3.82. The molecule has 1 aromatic heterocycles. The molecule has 1 aliphatic rings. The molecular weight excluding hydrogens is 244 g/mol. The zero-order chi connectivity index (χ0) is 11.5. The second kappa shape index (κ2) is 5.15. The molecule has 0 N–H and O–H groups in total. The van der Waals surface area contributed by atoms with E-state index in [1.54, 1.807) is 11.3 Å². The Balaban J connectivity index is 1.85. The molecular formula is C11H15ClN2OS. The maximum atomic E-state index is 11.5. The van der Waals surface area contributed by atoms with Crippen molar-refractivity contribution in [3.8, 4) is 0 Å². The van der Waals surface area contributed by atoms with E-state index < -0.39 is 0 Å². The first-order valence-corrected chi connectivity index (χ1v) is 6.85. The summed E-state index contributed by atoms with van der Waals surface area (Å²) in [6.07, 6.45) is 2.31. The smallest absolute Gasteiger partial charge is 0.224 e. The average Bonchev–Trinajstić information content (AvgIpc) is 2.82. The summed E-state index contributed by atoms with van der Waals surface area (Å²) in [5, 5.41) is 3.24. The van der Waals surface area contributed by atoms with Gasteiger partial charge >= 0.3 is 0 Å². The molecule has 0 spiro atoms. The van der Waals surface area contributed by atoms with Crippen LogP contribution in [0.25, 0.3) is 0 Å². The van der Waals surface area contributed by atoms with Crippen LogP contribution in [0, 0.1) is 0 Å². The summed E-state index contributed by atoms with van der Waals surface area (Å²) in [5.74, 6) is 0.172. The van der Waals surface area contributed by atoms with Crippen LogP contribution in [0.15, 0.2) is 5.38 Å². The minimum atomic E-state index is -0.00543. The fraction of sp³-hybridized carbons (Fsp3) is 0.636. The van der Waals surface area contributed by atoms with Crippen LogP contribution in [0.5, 0.6) is 0 Å². The summed E-state index contributed by atoms with van der Waals surface area (Å²) < 4.78 is 0. The number of hydrogen-bond acceptors (Lipinski definition) is 3. The molecule has 1 fully saturated rings. The van der Waals surface area contributed by atoms with Crippen LogP contribution in [0.3, 0.4) is 0 Å². The number of carbonyl (C=O) groups excluding carboxylic acids is 1. The fourth-order valence-electron chi connectivity index (χ4n) is 1.82. The van der Waals surface area contributed by atoms with Gasteiger partial charge in [-0.15, -0.1) is 22.9 Å². The lowest BCUT2D eigenvalue weighted by atomic mass is 10.3.